The van der Waals surface area contributed by atoms with Gasteiger partial charge in [-0.15, -0.1) is 0 Å². The lowest BCUT2D eigenvalue weighted by molar-refractivity contribution is -0.152. The van der Waals surface area contributed by atoms with E-state index in [0.717, 1.165) is 30.8 Å². The van der Waals surface area contributed by atoms with Crippen molar-refractivity contribution in [3.05, 3.63) is 82.7 Å². The van der Waals surface area contributed by atoms with Gasteiger partial charge in [0.25, 0.3) is 0 Å². The van der Waals surface area contributed by atoms with E-state index in [1.807, 2.05) is 4.68 Å². The highest BCUT2D eigenvalue weighted by atomic mass is 16.5. The van der Waals surface area contributed by atoms with Crippen LogP contribution in [0, 0.1) is 6.92 Å². The average molecular weight is 465 g/mol. The number of aryl methyl sites for hydroxylation is 2. The standard InChI is InChI=1S/C27H32N2O5/c1-5-15-29-23(18-22(28-29)17-20-8-6-19(2)7-9-20)14-16-33-25(30)21-10-12-24(13-11-21)34-27(3,4)26(31)32/h6-13,18H,5,14-17H2,1-4H3,(H,31,32). The number of nitrogens with zero attached hydrogens (tertiary/aromatic N) is 2. The summed E-state index contributed by atoms with van der Waals surface area (Å²) < 4.78 is 12.9. The van der Waals surface area contributed by atoms with E-state index in [0.29, 0.717) is 17.7 Å². The summed E-state index contributed by atoms with van der Waals surface area (Å²) in [6, 6.07) is 16.8. The number of aromatic nitrogens is 2. The molecule has 0 unspecified atom stereocenters. The van der Waals surface area contributed by atoms with Crippen molar-refractivity contribution in [3.8, 4) is 5.75 Å². The molecular weight excluding hydrogens is 432 g/mol. The van der Waals surface area contributed by atoms with Crippen molar-refractivity contribution in [2.24, 2.45) is 0 Å². The summed E-state index contributed by atoms with van der Waals surface area (Å²) in [6.45, 7) is 8.16. The third-order valence-electron chi connectivity index (χ3n) is 5.42. The second kappa shape index (κ2) is 11.0. The van der Waals surface area contributed by atoms with Crippen molar-refractivity contribution in [2.45, 2.75) is 59.1 Å². The van der Waals surface area contributed by atoms with Crippen LogP contribution in [0.4, 0.5) is 0 Å². The maximum atomic E-state index is 12.4. The first-order valence-corrected chi connectivity index (χ1v) is 11.5. The minimum Gasteiger partial charge on any atom is -0.478 e. The van der Waals surface area contributed by atoms with E-state index in [9.17, 15) is 9.59 Å². The number of hydrogen-bond acceptors (Lipinski definition) is 5. The van der Waals surface area contributed by atoms with Gasteiger partial charge in [-0.25, -0.2) is 9.59 Å². The molecule has 0 amide bonds. The lowest BCUT2D eigenvalue weighted by atomic mass is 10.1. The van der Waals surface area contributed by atoms with Crippen molar-refractivity contribution in [2.75, 3.05) is 6.61 Å². The Balaban J connectivity index is 1.57. The lowest BCUT2D eigenvalue weighted by Gasteiger charge is -2.21. The Labute approximate surface area is 200 Å². The number of aliphatic carboxylic acids is 1. The molecule has 0 fully saturated rings. The monoisotopic (exact) mass is 464 g/mol. The topological polar surface area (TPSA) is 90.7 Å². The Bertz CT molecular complexity index is 1110. The molecule has 0 saturated carbocycles. The van der Waals surface area contributed by atoms with Crippen LogP contribution in [0.5, 0.6) is 5.75 Å². The van der Waals surface area contributed by atoms with Gasteiger partial charge in [-0.1, -0.05) is 36.8 Å². The summed E-state index contributed by atoms with van der Waals surface area (Å²) in [5.74, 6) is -1.14. The van der Waals surface area contributed by atoms with Gasteiger partial charge in [-0.3, -0.25) is 4.68 Å². The van der Waals surface area contributed by atoms with Crippen LogP contribution in [-0.4, -0.2) is 39.0 Å². The smallest absolute Gasteiger partial charge is 0.347 e. The zero-order chi connectivity index (χ0) is 24.7. The fourth-order valence-corrected chi connectivity index (χ4v) is 3.45. The van der Waals surface area contributed by atoms with E-state index in [4.69, 9.17) is 19.7 Å². The molecule has 0 bridgehead atoms. The number of carboxylic acid groups (broad SMARTS) is 1. The van der Waals surface area contributed by atoms with Gasteiger partial charge in [0.2, 0.25) is 0 Å². The van der Waals surface area contributed by atoms with Gasteiger partial charge in [-0.2, -0.15) is 5.10 Å². The number of esters is 1. The molecule has 180 valence electrons. The zero-order valence-electron chi connectivity index (χ0n) is 20.2. The molecule has 0 aliphatic carbocycles. The van der Waals surface area contributed by atoms with Crippen LogP contribution in [0.1, 0.15) is 60.1 Å². The molecule has 7 nitrogen and oxygen atoms in total. The number of rotatable bonds is 11. The highest BCUT2D eigenvalue weighted by Gasteiger charge is 2.29. The summed E-state index contributed by atoms with van der Waals surface area (Å²) in [7, 11) is 0. The van der Waals surface area contributed by atoms with Crippen LogP contribution in [0.25, 0.3) is 0 Å². The molecule has 1 heterocycles. The van der Waals surface area contributed by atoms with Gasteiger partial charge in [0.1, 0.15) is 5.75 Å². The van der Waals surface area contributed by atoms with Gasteiger partial charge >= 0.3 is 11.9 Å². The molecule has 3 rings (SSSR count). The molecule has 7 heteroatoms. The van der Waals surface area contributed by atoms with E-state index in [-0.39, 0.29) is 6.61 Å². The summed E-state index contributed by atoms with van der Waals surface area (Å²) in [5.41, 5.74) is 3.50. The van der Waals surface area contributed by atoms with Crippen molar-refractivity contribution in [3.63, 3.8) is 0 Å². The summed E-state index contributed by atoms with van der Waals surface area (Å²) in [4.78, 5) is 23.6. The Morgan fingerprint density at radius 2 is 1.74 bits per heavy atom. The molecule has 1 aromatic heterocycles. The van der Waals surface area contributed by atoms with E-state index in [1.165, 1.54) is 25.0 Å². The van der Waals surface area contributed by atoms with Crippen molar-refractivity contribution in [1.82, 2.24) is 9.78 Å². The van der Waals surface area contributed by atoms with Crippen molar-refractivity contribution < 1.29 is 24.2 Å². The quantitative estimate of drug-likeness (QED) is 0.409. The normalized spacial score (nSPS) is 11.3. The second-order valence-corrected chi connectivity index (χ2v) is 8.84. The van der Waals surface area contributed by atoms with E-state index in [1.54, 1.807) is 24.3 Å². The van der Waals surface area contributed by atoms with Crippen molar-refractivity contribution in [1.29, 1.82) is 0 Å². The van der Waals surface area contributed by atoms with E-state index < -0.39 is 17.5 Å². The maximum absolute atomic E-state index is 12.4. The van der Waals surface area contributed by atoms with Crippen LogP contribution in [-0.2, 0) is 28.9 Å². The van der Waals surface area contributed by atoms with E-state index in [2.05, 4.69) is 44.2 Å². The predicted octanol–water partition coefficient (Wildman–Crippen LogP) is 4.83. The molecule has 3 aromatic rings. The van der Waals surface area contributed by atoms with Gasteiger partial charge in [-0.05, 0) is 63.1 Å². The number of benzene rings is 2. The predicted molar refractivity (Wildman–Crippen MR) is 129 cm³/mol. The third-order valence-corrected chi connectivity index (χ3v) is 5.42. The fourth-order valence-electron chi connectivity index (χ4n) is 3.45. The first-order valence-electron chi connectivity index (χ1n) is 11.5. The number of hydrogen-bond donors (Lipinski definition) is 1. The van der Waals surface area contributed by atoms with Gasteiger partial charge in [0.15, 0.2) is 5.60 Å². The molecule has 0 aliphatic rings. The highest BCUT2D eigenvalue weighted by molar-refractivity contribution is 5.89. The molecule has 1 N–H and O–H groups in total. The minimum atomic E-state index is -1.36. The molecule has 2 aromatic carbocycles. The summed E-state index contributed by atoms with van der Waals surface area (Å²) >= 11 is 0. The molecule has 0 spiro atoms. The molecule has 34 heavy (non-hydrogen) atoms. The number of ether oxygens (including phenoxy) is 2. The van der Waals surface area contributed by atoms with Crippen LogP contribution in [0.15, 0.2) is 54.6 Å². The van der Waals surface area contributed by atoms with Gasteiger partial charge in [0, 0.05) is 25.1 Å². The fraction of sp³-hybridized carbons (Fsp3) is 0.370. The number of carbonyl (C=O) groups excluding carboxylic acids is 1. The minimum absolute atomic E-state index is 0.239. The van der Waals surface area contributed by atoms with Crippen LogP contribution in [0.3, 0.4) is 0 Å². The largest absolute Gasteiger partial charge is 0.478 e. The number of carboxylic acids is 1. The van der Waals surface area contributed by atoms with Crippen molar-refractivity contribution >= 4 is 11.9 Å². The summed E-state index contributed by atoms with van der Waals surface area (Å²) in [6.07, 6.45) is 2.29. The SMILES string of the molecule is CCCn1nc(Cc2ccc(C)cc2)cc1CCOC(=O)c1ccc(OC(C)(C)C(=O)O)cc1. The van der Waals surface area contributed by atoms with Crippen LogP contribution in [0.2, 0.25) is 0 Å². The lowest BCUT2D eigenvalue weighted by Crippen LogP contribution is -2.37. The first-order chi connectivity index (χ1) is 16.2. The molecule has 0 atom stereocenters. The number of carbonyl (C=O) groups is 2. The molecule has 0 aliphatic heterocycles. The van der Waals surface area contributed by atoms with Crippen LogP contribution >= 0.6 is 0 Å². The Morgan fingerprint density at radius 3 is 2.35 bits per heavy atom. The second-order valence-electron chi connectivity index (χ2n) is 8.84. The molecule has 0 saturated heterocycles. The summed E-state index contributed by atoms with van der Waals surface area (Å²) in [5, 5.41) is 13.9. The van der Waals surface area contributed by atoms with Gasteiger partial charge in [0.05, 0.1) is 17.9 Å². The highest BCUT2D eigenvalue weighted by Crippen LogP contribution is 2.20. The molecular formula is C27H32N2O5. The third kappa shape index (κ3) is 6.70. The Kier molecular flexibility index (Phi) is 8.10. The average Bonchev–Trinajstić information content (AvgIpc) is 3.16. The Morgan fingerprint density at radius 1 is 1.06 bits per heavy atom. The Hall–Kier alpha value is -3.61. The first kappa shape index (κ1) is 25.0. The maximum Gasteiger partial charge on any atom is 0.347 e. The van der Waals surface area contributed by atoms with Gasteiger partial charge < -0.3 is 14.6 Å². The zero-order valence-corrected chi connectivity index (χ0v) is 20.2. The van der Waals surface area contributed by atoms with E-state index >= 15 is 0 Å². The van der Waals surface area contributed by atoms with Crippen LogP contribution < -0.4 is 4.74 Å². The molecule has 0 radical (unpaired) electrons.